The van der Waals surface area contributed by atoms with Crippen LogP contribution in [-0.2, 0) is 9.84 Å². The van der Waals surface area contributed by atoms with Crippen molar-refractivity contribution in [1.29, 1.82) is 0 Å². The van der Waals surface area contributed by atoms with Crippen LogP contribution in [0.3, 0.4) is 0 Å². The summed E-state index contributed by atoms with van der Waals surface area (Å²) >= 11 is 5.84. The summed E-state index contributed by atoms with van der Waals surface area (Å²) in [5.41, 5.74) is 0.457. The summed E-state index contributed by atoms with van der Waals surface area (Å²) in [6, 6.07) is 11.2. The predicted molar refractivity (Wildman–Crippen MR) is 77.6 cm³/mol. The first-order valence-corrected chi connectivity index (χ1v) is 8.12. The van der Waals surface area contributed by atoms with Gasteiger partial charge < -0.3 is 0 Å². The van der Waals surface area contributed by atoms with Crippen molar-refractivity contribution in [1.82, 2.24) is 4.98 Å². The summed E-state index contributed by atoms with van der Waals surface area (Å²) < 4.78 is 23.9. The highest BCUT2D eigenvalue weighted by Gasteiger charge is 2.32. The SMILES string of the molecule is CS(=O)(=O)C(C(=O)c1ccccc1)c1cc(Cl)ccn1. The molecule has 6 heteroatoms. The maximum Gasteiger partial charge on any atom is 0.187 e. The Labute approximate surface area is 122 Å². The molecule has 104 valence electrons. The lowest BCUT2D eigenvalue weighted by Crippen LogP contribution is -2.22. The van der Waals surface area contributed by atoms with Gasteiger partial charge in [-0.1, -0.05) is 41.9 Å². The molecular weight excluding hydrogens is 298 g/mol. The Morgan fingerprint density at radius 2 is 1.85 bits per heavy atom. The van der Waals surface area contributed by atoms with E-state index in [0.717, 1.165) is 6.26 Å². The van der Waals surface area contributed by atoms with Crippen LogP contribution in [0.4, 0.5) is 0 Å². The first-order chi connectivity index (χ1) is 9.39. The number of carbonyl (C=O) groups excluding carboxylic acids is 1. The largest absolute Gasteiger partial charge is 0.292 e. The van der Waals surface area contributed by atoms with Crippen molar-refractivity contribution < 1.29 is 13.2 Å². The molecule has 1 heterocycles. The Bertz CT molecular complexity index is 729. The van der Waals surface area contributed by atoms with E-state index in [1.54, 1.807) is 30.3 Å². The number of hydrogen-bond acceptors (Lipinski definition) is 4. The van der Waals surface area contributed by atoms with Crippen LogP contribution in [0.15, 0.2) is 48.7 Å². The molecular formula is C14H12ClNO3S. The van der Waals surface area contributed by atoms with E-state index in [4.69, 9.17) is 11.6 Å². The van der Waals surface area contributed by atoms with Gasteiger partial charge in [-0.2, -0.15) is 0 Å². The van der Waals surface area contributed by atoms with Crippen molar-refractivity contribution in [3.05, 3.63) is 64.9 Å². The van der Waals surface area contributed by atoms with Gasteiger partial charge >= 0.3 is 0 Å². The fourth-order valence-electron chi connectivity index (χ4n) is 1.87. The number of Topliss-reactive ketones (excluding diaryl/α,β-unsaturated/α-hetero) is 1. The van der Waals surface area contributed by atoms with Gasteiger partial charge in [0.2, 0.25) is 0 Å². The monoisotopic (exact) mass is 309 g/mol. The van der Waals surface area contributed by atoms with Gasteiger partial charge in [0, 0.05) is 23.0 Å². The minimum Gasteiger partial charge on any atom is -0.292 e. The Morgan fingerprint density at radius 1 is 1.20 bits per heavy atom. The van der Waals surface area contributed by atoms with Crippen molar-refractivity contribution in [3.63, 3.8) is 0 Å². The minimum absolute atomic E-state index is 0.133. The molecule has 0 saturated heterocycles. The van der Waals surface area contributed by atoms with E-state index in [1.165, 1.54) is 18.3 Å². The number of carbonyl (C=O) groups is 1. The zero-order valence-corrected chi connectivity index (χ0v) is 12.2. The molecule has 0 aliphatic carbocycles. The molecule has 0 bridgehead atoms. The molecule has 0 aliphatic heterocycles. The van der Waals surface area contributed by atoms with Crippen LogP contribution in [-0.4, -0.2) is 25.4 Å². The van der Waals surface area contributed by atoms with E-state index in [9.17, 15) is 13.2 Å². The number of nitrogens with zero attached hydrogens (tertiary/aromatic N) is 1. The molecule has 0 amide bonds. The molecule has 20 heavy (non-hydrogen) atoms. The molecule has 4 nitrogen and oxygen atoms in total. The summed E-state index contributed by atoms with van der Waals surface area (Å²) in [5.74, 6) is -0.511. The van der Waals surface area contributed by atoms with Crippen LogP contribution < -0.4 is 0 Å². The molecule has 2 aromatic rings. The van der Waals surface area contributed by atoms with Crippen molar-refractivity contribution in [2.24, 2.45) is 0 Å². The highest BCUT2D eigenvalue weighted by molar-refractivity contribution is 7.91. The van der Waals surface area contributed by atoms with Crippen molar-refractivity contribution >= 4 is 27.2 Å². The summed E-state index contributed by atoms with van der Waals surface area (Å²) in [6.07, 6.45) is 2.40. The smallest absolute Gasteiger partial charge is 0.187 e. The van der Waals surface area contributed by atoms with E-state index in [-0.39, 0.29) is 5.69 Å². The Balaban J connectivity index is 2.53. The van der Waals surface area contributed by atoms with Gasteiger partial charge in [-0.3, -0.25) is 9.78 Å². The third-order valence-electron chi connectivity index (χ3n) is 2.74. The molecule has 1 unspecified atom stereocenters. The lowest BCUT2D eigenvalue weighted by atomic mass is 10.1. The van der Waals surface area contributed by atoms with Gasteiger partial charge in [0.15, 0.2) is 20.9 Å². The van der Waals surface area contributed by atoms with E-state index in [2.05, 4.69) is 4.98 Å². The molecule has 1 aromatic carbocycles. The lowest BCUT2D eigenvalue weighted by molar-refractivity contribution is 0.0986. The Morgan fingerprint density at radius 3 is 2.40 bits per heavy atom. The number of benzene rings is 1. The topological polar surface area (TPSA) is 64.1 Å². The first-order valence-electron chi connectivity index (χ1n) is 5.79. The van der Waals surface area contributed by atoms with Crippen LogP contribution in [0.1, 0.15) is 21.3 Å². The third kappa shape index (κ3) is 3.23. The second-order valence-corrected chi connectivity index (χ2v) is 6.91. The second-order valence-electron chi connectivity index (χ2n) is 4.34. The number of rotatable bonds is 4. The molecule has 0 aliphatic rings. The van der Waals surface area contributed by atoms with Gasteiger partial charge in [0.1, 0.15) is 0 Å². The van der Waals surface area contributed by atoms with Crippen LogP contribution in [0.25, 0.3) is 0 Å². The first kappa shape index (κ1) is 14.7. The van der Waals surface area contributed by atoms with Crippen molar-refractivity contribution in [2.45, 2.75) is 5.25 Å². The summed E-state index contributed by atoms with van der Waals surface area (Å²) in [5, 5.41) is -1.01. The molecule has 0 spiro atoms. The average Bonchev–Trinajstić information content (AvgIpc) is 2.38. The number of sulfone groups is 1. The molecule has 0 N–H and O–H groups in total. The lowest BCUT2D eigenvalue weighted by Gasteiger charge is -2.13. The van der Waals surface area contributed by atoms with Crippen molar-refractivity contribution in [3.8, 4) is 0 Å². The molecule has 1 aromatic heterocycles. The number of ketones is 1. The highest BCUT2D eigenvalue weighted by atomic mass is 35.5. The molecule has 2 rings (SSSR count). The van der Waals surface area contributed by atoms with Crippen LogP contribution in [0, 0.1) is 0 Å². The van der Waals surface area contributed by atoms with E-state index >= 15 is 0 Å². The van der Waals surface area contributed by atoms with Gasteiger partial charge in [-0.25, -0.2) is 8.42 Å². The molecule has 1 atom stereocenters. The maximum absolute atomic E-state index is 12.4. The molecule has 0 saturated carbocycles. The quantitative estimate of drug-likeness (QED) is 0.815. The number of hydrogen-bond donors (Lipinski definition) is 0. The number of halogens is 1. The van der Waals surface area contributed by atoms with Crippen molar-refractivity contribution in [2.75, 3.05) is 6.26 Å². The highest BCUT2D eigenvalue weighted by Crippen LogP contribution is 2.26. The van der Waals surface area contributed by atoms with E-state index < -0.39 is 20.9 Å². The van der Waals surface area contributed by atoms with Gasteiger partial charge in [-0.15, -0.1) is 0 Å². The maximum atomic E-state index is 12.4. The zero-order valence-electron chi connectivity index (χ0n) is 10.7. The summed E-state index contributed by atoms with van der Waals surface area (Å²) in [4.78, 5) is 16.4. The van der Waals surface area contributed by atoms with E-state index in [0.29, 0.717) is 10.6 Å². The number of pyridine rings is 1. The van der Waals surface area contributed by atoms with E-state index in [1.807, 2.05) is 0 Å². The van der Waals surface area contributed by atoms with Gasteiger partial charge in [-0.05, 0) is 12.1 Å². The summed E-state index contributed by atoms with van der Waals surface area (Å²) in [6.45, 7) is 0. The number of aromatic nitrogens is 1. The Hall–Kier alpha value is -1.72. The van der Waals surface area contributed by atoms with Crippen LogP contribution in [0.5, 0.6) is 0 Å². The Kier molecular flexibility index (Phi) is 4.20. The normalized spacial score (nSPS) is 12.9. The average molecular weight is 310 g/mol. The second kappa shape index (κ2) is 5.73. The zero-order chi connectivity index (χ0) is 14.8. The molecule has 0 radical (unpaired) electrons. The summed E-state index contributed by atoms with van der Waals surface area (Å²) in [7, 11) is -3.65. The van der Waals surface area contributed by atoms with Gasteiger partial charge in [0.05, 0.1) is 5.69 Å². The molecule has 0 fully saturated rings. The standard InChI is InChI=1S/C14H12ClNO3S/c1-20(18,19)14(12-9-11(15)7-8-16-12)13(17)10-5-3-2-4-6-10/h2-9,14H,1H3. The predicted octanol–water partition coefficient (Wildman–Crippen LogP) is 2.70. The minimum atomic E-state index is -3.65. The van der Waals surface area contributed by atoms with Gasteiger partial charge in [0.25, 0.3) is 0 Å². The fraction of sp³-hybridized carbons (Fsp3) is 0.143. The van der Waals surface area contributed by atoms with Crippen LogP contribution >= 0.6 is 11.6 Å². The fourth-order valence-corrected chi connectivity index (χ4v) is 3.13. The third-order valence-corrected chi connectivity index (χ3v) is 4.28. The van der Waals surface area contributed by atoms with Crippen LogP contribution in [0.2, 0.25) is 5.02 Å².